The van der Waals surface area contributed by atoms with Gasteiger partial charge in [0, 0.05) is 6.54 Å². The van der Waals surface area contributed by atoms with Gasteiger partial charge in [0.2, 0.25) is 0 Å². The number of nitrogens with zero attached hydrogens (tertiary/aromatic N) is 1. The van der Waals surface area contributed by atoms with E-state index in [1.807, 2.05) is 25.9 Å². The van der Waals surface area contributed by atoms with E-state index >= 15 is 0 Å². The summed E-state index contributed by atoms with van der Waals surface area (Å²) in [6.07, 6.45) is 0. The molecule has 41 valence electrons. The Morgan fingerprint density at radius 2 is 2.00 bits per heavy atom. The maximum atomic E-state index is 5.37. The van der Waals surface area contributed by atoms with E-state index in [0.717, 1.165) is 12.1 Å². The third-order valence-electron chi connectivity index (χ3n) is 0.566. The molecule has 0 spiro atoms. The van der Waals surface area contributed by atoms with Crippen LogP contribution in [0.3, 0.4) is 0 Å². The molecular weight excluding hydrogens is 86.1 g/mol. The lowest BCUT2D eigenvalue weighted by molar-refractivity contribution is 0.445. The number of hydrogen-bond donors (Lipinski definition) is 0. The van der Waals surface area contributed by atoms with Gasteiger partial charge in [-0.15, -0.1) is 0 Å². The summed E-state index contributed by atoms with van der Waals surface area (Å²) in [5, 5.41) is 0. The summed E-state index contributed by atoms with van der Waals surface area (Å²) in [5.74, 6) is 0. The maximum absolute atomic E-state index is 5.37. The summed E-state index contributed by atoms with van der Waals surface area (Å²) >= 11 is 0. The second-order valence-corrected chi connectivity index (χ2v) is 2.08. The summed E-state index contributed by atoms with van der Waals surface area (Å²) in [7, 11) is 3.99. The Bertz CT molecular complexity index is 64.6. The maximum Gasteiger partial charge on any atom is 0.0187 e. The van der Waals surface area contributed by atoms with Crippen molar-refractivity contribution < 1.29 is 0 Å². The third kappa shape index (κ3) is 5.70. The summed E-state index contributed by atoms with van der Waals surface area (Å²) in [6.45, 7) is 8.17. The molecule has 1 nitrogen and oxygen atoms in total. The molecule has 0 atom stereocenters. The van der Waals surface area contributed by atoms with Crippen LogP contribution in [-0.2, 0) is 0 Å². The van der Waals surface area contributed by atoms with Gasteiger partial charge in [-0.1, -0.05) is 12.2 Å². The lowest BCUT2D eigenvalue weighted by Gasteiger charge is -2.06. The average Bonchev–Trinajstić information content (AvgIpc) is 1.27. The molecule has 0 bridgehead atoms. The van der Waals surface area contributed by atoms with Gasteiger partial charge >= 0.3 is 0 Å². The van der Waals surface area contributed by atoms with Gasteiger partial charge in [0.05, 0.1) is 0 Å². The molecule has 0 heterocycles. The molecule has 0 aliphatic heterocycles. The van der Waals surface area contributed by atoms with Crippen LogP contribution in [0.2, 0.25) is 0 Å². The lowest BCUT2D eigenvalue weighted by atomic mass is 10.3. The van der Waals surface area contributed by atoms with Crippen molar-refractivity contribution in [1.29, 1.82) is 0 Å². The van der Waals surface area contributed by atoms with E-state index in [-0.39, 0.29) is 0 Å². The first-order valence-corrected chi connectivity index (χ1v) is 2.35. The van der Waals surface area contributed by atoms with E-state index in [9.17, 15) is 0 Å². The summed E-state index contributed by atoms with van der Waals surface area (Å²) in [6, 6.07) is 0. The zero-order valence-corrected chi connectivity index (χ0v) is 5.23. The van der Waals surface area contributed by atoms with Gasteiger partial charge < -0.3 is 4.90 Å². The number of rotatable bonds is 2. The molecule has 0 aliphatic rings. The Morgan fingerprint density at radius 1 is 1.57 bits per heavy atom. The monoisotopic (exact) mass is 98.1 g/mol. The molecule has 1 heteroatoms. The Hall–Kier alpha value is -0.300. The van der Waals surface area contributed by atoms with Crippen LogP contribution in [0.1, 0.15) is 6.92 Å². The summed E-state index contributed by atoms with van der Waals surface area (Å²) < 4.78 is 0. The van der Waals surface area contributed by atoms with E-state index in [0.29, 0.717) is 0 Å². The van der Waals surface area contributed by atoms with Crippen LogP contribution in [-0.4, -0.2) is 25.5 Å². The minimum Gasteiger partial charge on any atom is -0.305 e. The van der Waals surface area contributed by atoms with Gasteiger partial charge in [-0.05, 0) is 21.0 Å². The smallest absolute Gasteiger partial charge is 0.0187 e. The predicted octanol–water partition coefficient (Wildman–Crippen LogP) is 0.927. The molecule has 0 amide bonds. The van der Waals surface area contributed by atoms with Crippen LogP contribution in [0.15, 0.2) is 5.57 Å². The third-order valence-corrected chi connectivity index (χ3v) is 0.566. The van der Waals surface area contributed by atoms with Gasteiger partial charge in [-0.2, -0.15) is 0 Å². The van der Waals surface area contributed by atoms with Gasteiger partial charge in [-0.25, -0.2) is 0 Å². The largest absolute Gasteiger partial charge is 0.305 e. The molecule has 0 saturated carbocycles. The number of likely N-dealkylation sites (N-methyl/N-ethyl adjacent to an activating group) is 1. The Kier molecular flexibility index (Phi) is 2.68. The minimum absolute atomic E-state index is 0.889. The molecule has 0 aromatic rings. The molecule has 0 saturated heterocycles. The van der Waals surface area contributed by atoms with Gasteiger partial charge in [0.1, 0.15) is 0 Å². The van der Waals surface area contributed by atoms with Crippen molar-refractivity contribution in [3.8, 4) is 0 Å². The Labute approximate surface area is 45.6 Å². The van der Waals surface area contributed by atoms with Crippen LogP contribution in [0.5, 0.6) is 0 Å². The van der Waals surface area contributed by atoms with Crippen LogP contribution in [0, 0.1) is 6.58 Å². The van der Waals surface area contributed by atoms with E-state index in [1.165, 1.54) is 0 Å². The standard InChI is InChI=1S/C6H12N/c1-6(2)5-7(3)4/h1H,5H2,2-4H3. The highest BCUT2D eigenvalue weighted by Gasteiger charge is 1.85. The van der Waals surface area contributed by atoms with Gasteiger partial charge in [0.15, 0.2) is 0 Å². The molecule has 0 N–H and O–H groups in total. The molecule has 7 heavy (non-hydrogen) atoms. The van der Waals surface area contributed by atoms with Crippen LogP contribution >= 0.6 is 0 Å². The minimum atomic E-state index is 0.889. The van der Waals surface area contributed by atoms with Crippen molar-refractivity contribution in [2.24, 2.45) is 0 Å². The highest BCUT2D eigenvalue weighted by atomic mass is 15.0. The zero-order chi connectivity index (χ0) is 5.86. The topological polar surface area (TPSA) is 3.24 Å². The van der Waals surface area contributed by atoms with Crippen LogP contribution in [0.4, 0.5) is 0 Å². The molecule has 0 aliphatic carbocycles. The fourth-order valence-electron chi connectivity index (χ4n) is 0.499. The highest BCUT2D eigenvalue weighted by Crippen LogP contribution is 1.85. The highest BCUT2D eigenvalue weighted by molar-refractivity contribution is 4.86. The normalized spacial score (nSPS) is 9.71. The molecule has 1 radical (unpaired) electrons. The lowest BCUT2D eigenvalue weighted by Crippen LogP contribution is -2.13. The summed E-state index contributed by atoms with van der Waals surface area (Å²) in [5.41, 5.74) is 0.963. The Balaban J connectivity index is 3.13. The molecule has 0 aromatic heterocycles. The van der Waals surface area contributed by atoms with E-state index in [4.69, 9.17) is 6.58 Å². The van der Waals surface area contributed by atoms with Crippen molar-refractivity contribution in [3.63, 3.8) is 0 Å². The van der Waals surface area contributed by atoms with E-state index < -0.39 is 0 Å². The second kappa shape index (κ2) is 2.80. The van der Waals surface area contributed by atoms with Crippen LogP contribution in [0.25, 0.3) is 0 Å². The second-order valence-electron chi connectivity index (χ2n) is 2.08. The van der Waals surface area contributed by atoms with Gasteiger partial charge in [0.25, 0.3) is 0 Å². The van der Waals surface area contributed by atoms with Crippen molar-refractivity contribution in [3.05, 3.63) is 12.2 Å². The fraction of sp³-hybridized carbons (Fsp3) is 0.667. The zero-order valence-electron chi connectivity index (χ0n) is 5.23. The first-order valence-electron chi connectivity index (χ1n) is 2.35. The Morgan fingerprint density at radius 3 is 2.00 bits per heavy atom. The van der Waals surface area contributed by atoms with Gasteiger partial charge in [-0.3, -0.25) is 0 Å². The quantitative estimate of drug-likeness (QED) is 0.496. The first kappa shape index (κ1) is 6.70. The van der Waals surface area contributed by atoms with Crippen molar-refractivity contribution in [2.45, 2.75) is 6.92 Å². The number of hydrogen-bond acceptors (Lipinski definition) is 1. The molecule has 0 unspecified atom stereocenters. The predicted molar refractivity (Wildman–Crippen MR) is 32.0 cm³/mol. The molecule has 0 rings (SSSR count). The van der Waals surface area contributed by atoms with E-state index in [2.05, 4.69) is 0 Å². The summed E-state index contributed by atoms with van der Waals surface area (Å²) in [4.78, 5) is 2.04. The average molecular weight is 98.2 g/mol. The molecule has 0 aromatic carbocycles. The molecular formula is C6H12N. The SMILES string of the molecule is [CH]=C(C)CN(C)C. The first-order chi connectivity index (χ1) is 3.13. The van der Waals surface area contributed by atoms with Crippen molar-refractivity contribution >= 4 is 0 Å². The van der Waals surface area contributed by atoms with Crippen molar-refractivity contribution in [1.82, 2.24) is 4.90 Å². The van der Waals surface area contributed by atoms with Crippen LogP contribution < -0.4 is 0 Å². The van der Waals surface area contributed by atoms with Crippen molar-refractivity contribution in [2.75, 3.05) is 20.6 Å². The molecule has 0 fully saturated rings. The van der Waals surface area contributed by atoms with E-state index in [1.54, 1.807) is 0 Å². The fourth-order valence-corrected chi connectivity index (χ4v) is 0.499.